The van der Waals surface area contributed by atoms with E-state index in [9.17, 15) is 30.0 Å². The van der Waals surface area contributed by atoms with Crippen LogP contribution in [-0.4, -0.2) is 56.6 Å². The van der Waals surface area contributed by atoms with Crippen molar-refractivity contribution in [3.63, 3.8) is 0 Å². The molecule has 0 saturated carbocycles. The van der Waals surface area contributed by atoms with Gasteiger partial charge in [0.05, 0.1) is 6.61 Å². The first-order chi connectivity index (χ1) is 11.2. The van der Waals surface area contributed by atoms with E-state index < -0.39 is 50.4 Å². The summed E-state index contributed by atoms with van der Waals surface area (Å²) < 4.78 is 76.0. The summed E-state index contributed by atoms with van der Waals surface area (Å²) in [6.07, 6.45) is 4.57. The SMILES string of the molecule is CCCOC(=O)C(=C1C=C(S(C)(=O)=O)NC(S(C)(=O)=O)=C1)S(C)(=O)=O. The molecule has 142 valence electrons. The highest BCUT2D eigenvalue weighted by atomic mass is 32.2. The molecule has 12 heteroatoms. The van der Waals surface area contributed by atoms with Crippen LogP contribution in [0.15, 0.2) is 32.7 Å². The molecule has 1 N–H and O–H groups in total. The van der Waals surface area contributed by atoms with E-state index in [0.717, 1.165) is 30.9 Å². The van der Waals surface area contributed by atoms with Crippen molar-refractivity contribution in [3.8, 4) is 0 Å². The molecule has 0 fully saturated rings. The van der Waals surface area contributed by atoms with Crippen LogP contribution >= 0.6 is 0 Å². The Morgan fingerprint density at radius 1 is 0.960 bits per heavy atom. The van der Waals surface area contributed by atoms with E-state index in [1.54, 1.807) is 6.92 Å². The van der Waals surface area contributed by atoms with E-state index in [2.05, 4.69) is 5.32 Å². The molecule has 0 aromatic rings. The Bertz CT molecular complexity index is 930. The molecule has 0 atom stereocenters. The van der Waals surface area contributed by atoms with Gasteiger partial charge in [-0.05, 0) is 18.6 Å². The maximum Gasteiger partial charge on any atom is 0.350 e. The first kappa shape index (κ1) is 21.4. The second-order valence-corrected chi connectivity index (χ2v) is 11.3. The number of dihydropyridines is 1. The molecule has 0 spiro atoms. The van der Waals surface area contributed by atoms with Crippen LogP contribution in [-0.2, 0) is 39.0 Å². The van der Waals surface area contributed by atoms with Crippen molar-refractivity contribution in [1.29, 1.82) is 0 Å². The summed E-state index contributed by atoms with van der Waals surface area (Å²) in [6.45, 7) is 1.66. The van der Waals surface area contributed by atoms with Crippen molar-refractivity contribution in [2.24, 2.45) is 0 Å². The van der Waals surface area contributed by atoms with E-state index in [4.69, 9.17) is 4.74 Å². The summed E-state index contributed by atoms with van der Waals surface area (Å²) in [5, 5.41) is 1.12. The average Bonchev–Trinajstić information content (AvgIpc) is 2.41. The predicted octanol–water partition coefficient (Wildman–Crippen LogP) is -0.386. The number of hydrogen-bond acceptors (Lipinski definition) is 9. The van der Waals surface area contributed by atoms with E-state index in [0.29, 0.717) is 6.42 Å². The number of sulfone groups is 3. The summed E-state index contributed by atoms with van der Waals surface area (Å²) in [5.41, 5.74) is -0.386. The maximum absolute atomic E-state index is 12.1. The van der Waals surface area contributed by atoms with Gasteiger partial charge in [0, 0.05) is 24.3 Å². The Hall–Kier alpha value is -1.66. The average molecular weight is 413 g/mol. The zero-order chi connectivity index (χ0) is 19.6. The standard InChI is InChI=1S/C13H19NO8S3/c1-5-6-22-13(15)12(25(4,20)21)9-7-10(23(2,16)17)14-11(8-9)24(3,18)19/h7-8,14H,5-6H2,1-4H3. The van der Waals surface area contributed by atoms with Gasteiger partial charge in [-0.1, -0.05) is 6.92 Å². The molecule has 1 aliphatic heterocycles. The van der Waals surface area contributed by atoms with Crippen LogP contribution < -0.4 is 5.32 Å². The molecule has 0 aromatic carbocycles. The topological polar surface area (TPSA) is 141 Å². The van der Waals surface area contributed by atoms with Gasteiger partial charge >= 0.3 is 5.97 Å². The first-order valence-corrected chi connectivity index (χ1v) is 12.6. The molecule has 0 amide bonds. The predicted molar refractivity (Wildman–Crippen MR) is 92.1 cm³/mol. The fraction of sp³-hybridized carbons (Fsp3) is 0.462. The van der Waals surface area contributed by atoms with E-state index in [1.165, 1.54) is 0 Å². The third-order valence-corrected chi connectivity index (χ3v) is 6.06. The molecule has 9 nitrogen and oxygen atoms in total. The van der Waals surface area contributed by atoms with E-state index in [1.807, 2.05) is 0 Å². The van der Waals surface area contributed by atoms with Crippen molar-refractivity contribution < 1.29 is 34.8 Å². The Balaban J connectivity index is 3.79. The number of carbonyl (C=O) groups is 1. The minimum absolute atomic E-state index is 0.0469. The van der Waals surface area contributed by atoms with Gasteiger partial charge < -0.3 is 10.1 Å². The second-order valence-electron chi connectivity index (χ2n) is 5.38. The highest BCUT2D eigenvalue weighted by Crippen LogP contribution is 2.25. The molecule has 0 saturated heterocycles. The molecule has 1 heterocycles. The van der Waals surface area contributed by atoms with Crippen LogP contribution in [0.3, 0.4) is 0 Å². The highest BCUT2D eigenvalue weighted by Gasteiger charge is 2.30. The van der Waals surface area contributed by atoms with Crippen LogP contribution in [0.1, 0.15) is 13.3 Å². The smallest absolute Gasteiger partial charge is 0.350 e. The summed E-state index contributed by atoms with van der Waals surface area (Å²) in [6, 6.07) is 0. The van der Waals surface area contributed by atoms with Gasteiger partial charge in [-0.25, -0.2) is 30.0 Å². The first-order valence-electron chi connectivity index (χ1n) is 6.90. The van der Waals surface area contributed by atoms with Crippen LogP contribution in [0.25, 0.3) is 0 Å². The Kier molecular flexibility index (Phi) is 6.24. The zero-order valence-corrected chi connectivity index (χ0v) is 16.5. The van der Waals surface area contributed by atoms with Crippen LogP contribution in [0.5, 0.6) is 0 Å². The normalized spacial score (nSPS) is 15.8. The fourth-order valence-corrected chi connectivity index (χ4v) is 4.04. The van der Waals surface area contributed by atoms with Gasteiger partial charge in [0.15, 0.2) is 34.4 Å². The van der Waals surface area contributed by atoms with Gasteiger partial charge in [-0.3, -0.25) is 0 Å². The summed E-state index contributed by atoms with van der Waals surface area (Å²) >= 11 is 0. The molecule has 1 aliphatic rings. The van der Waals surface area contributed by atoms with Crippen molar-refractivity contribution in [3.05, 3.63) is 32.7 Å². The molecular formula is C13H19NO8S3. The lowest BCUT2D eigenvalue weighted by molar-refractivity contribution is -0.138. The number of ether oxygens (including phenoxy) is 1. The minimum Gasteiger partial charge on any atom is -0.462 e. The largest absolute Gasteiger partial charge is 0.462 e. The quantitative estimate of drug-likeness (QED) is 0.455. The van der Waals surface area contributed by atoms with Gasteiger partial charge in [-0.2, -0.15) is 0 Å². The lowest BCUT2D eigenvalue weighted by atomic mass is 10.2. The summed E-state index contributed by atoms with van der Waals surface area (Å²) in [5.74, 6) is -1.19. The highest BCUT2D eigenvalue weighted by molar-refractivity contribution is 7.96. The molecule has 1 rings (SSSR count). The molecule has 0 radical (unpaired) electrons. The van der Waals surface area contributed by atoms with Gasteiger partial charge in [0.1, 0.15) is 10.1 Å². The fourth-order valence-electron chi connectivity index (χ4n) is 1.79. The monoisotopic (exact) mass is 413 g/mol. The Morgan fingerprint density at radius 2 is 1.40 bits per heavy atom. The zero-order valence-electron chi connectivity index (χ0n) is 14.1. The Morgan fingerprint density at radius 3 is 1.72 bits per heavy atom. The molecule has 0 aromatic heterocycles. The van der Waals surface area contributed by atoms with Crippen LogP contribution in [0.2, 0.25) is 0 Å². The van der Waals surface area contributed by atoms with Crippen molar-refractivity contribution in [2.45, 2.75) is 13.3 Å². The third kappa shape index (κ3) is 5.68. The number of rotatable bonds is 6. The number of allylic oxidation sites excluding steroid dienone is 3. The van der Waals surface area contributed by atoms with Crippen molar-refractivity contribution in [1.82, 2.24) is 5.32 Å². The minimum atomic E-state index is -4.13. The molecular weight excluding hydrogens is 394 g/mol. The van der Waals surface area contributed by atoms with Crippen molar-refractivity contribution in [2.75, 3.05) is 25.4 Å². The maximum atomic E-state index is 12.1. The summed E-state index contributed by atoms with van der Waals surface area (Å²) in [4.78, 5) is 11.3. The summed E-state index contributed by atoms with van der Waals surface area (Å²) in [7, 11) is -12.0. The van der Waals surface area contributed by atoms with Gasteiger partial charge in [-0.15, -0.1) is 0 Å². The lowest BCUT2D eigenvalue weighted by Crippen LogP contribution is -2.28. The number of nitrogens with one attached hydrogen (secondary N) is 1. The van der Waals surface area contributed by atoms with E-state index in [-0.39, 0.29) is 12.2 Å². The molecule has 0 bridgehead atoms. The van der Waals surface area contributed by atoms with Crippen molar-refractivity contribution >= 4 is 35.5 Å². The van der Waals surface area contributed by atoms with E-state index >= 15 is 0 Å². The molecule has 0 unspecified atom stereocenters. The molecule has 25 heavy (non-hydrogen) atoms. The number of esters is 1. The number of carbonyl (C=O) groups excluding carboxylic acids is 1. The van der Waals surface area contributed by atoms with Crippen LogP contribution in [0, 0.1) is 0 Å². The molecule has 0 aliphatic carbocycles. The van der Waals surface area contributed by atoms with Crippen LogP contribution in [0.4, 0.5) is 0 Å². The number of hydrogen-bond donors (Lipinski definition) is 1. The lowest BCUT2D eigenvalue weighted by Gasteiger charge is -2.18. The second kappa shape index (κ2) is 7.30. The third-order valence-electron chi connectivity index (χ3n) is 2.87. The van der Waals surface area contributed by atoms with Gasteiger partial charge in [0.2, 0.25) is 0 Å². The Labute approximate surface area is 147 Å². The van der Waals surface area contributed by atoms with Gasteiger partial charge in [0.25, 0.3) is 0 Å².